The molecule has 5 fully saturated rings. The van der Waals surface area contributed by atoms with Crippen molar-refractivity contribution in [1.29, 1.82) is 0 Å². The van der Waals surface area contributed by atoms with Crippen LogP contribution in [0.15, 0.2) is 0 Å². The Labute approximate surface area is 404 Å². The van der Waals surface area contributed by atoms with E-state index in [4.69, 9.17) is 47.4 Å². The highest BCUT2D eigenvalue weighted by molar-refractivity contribution is 5.73. The Bertz CT molecular complexity index is 1660. The monoisotopic (exact) mass is 1040 g/mol. The molecule has 0 bridgehead atoms. The quantitative estimate of drug-likeness (QED) is 0.0538. The highest BCUT2D eigenvalue weighted by atomic mass is 16.8. The number of carbonyl (C=O) groups is 2. The van der Waals surface area contributed by atoms with E-state index in [1.165, 1.54) is 13.8 Å². The summed E-state index contributed by atoms with van der Waals surface area (Å²) in [5.74, 6) is -1.66. The molecule has 0 aromatic carbocycles. The molecule has 0 saturated carbocycles. The first-order valence-electron chi connectivity index (χ1n) is 22.7. The summed E-state index contributed by atoms with van der Waals surface area (Å²) in [5.41, 5.74) is 0. The maximum Gasteiger partial charge on any atom is 0.217 e. The van der Waals surface area contributed by atoms with Gasteiger partial charge in [0.05, 0.1) is 51.3 Å². The van der Waals surface area contributed by atoms with E-state index in [0.717, 1.165) is 13.8 Å². The van der Waals surface area contributed by atoms with Crippen molar-refractivity contribution < 1.29 is 144 Å². The summed E-state index contributed by atoms with van der Waals surface area (Å²) in [6.07, 6.45) is -49.8. The molecule has 5 aliphatic rings. The number of aliphatic hydroxyl groups excluding tert-OH is 17. The van der Waals surface area contributed by atoms with Gasteiger partial charge in [-0.25, -0.2) is 0 Å². The van der Waals surface area contributed by atoms with Crippen LogP contribution in [0.1, 0.15) is 27.7 Å². The molecule has 5 saturated heterocycles. The summed E-state index contributed by atoms with van der Waals surface area (Å²) in [6.45, 7) is -0.332. The van der Waals surface area contributed by atoms with Gasteiger partial charge in [0.25, 0.3) is 0 Å². The summed E-state index contributed by atoms with van der Waals surface area (Å²) in [6, 6.07) is -3.38. The first-order valence-corrected chi connectivity index (χ1v) is 22.7. The first kappa shape index (κ1) is 59.7. The van der Waals surface area contributed by atoms with Gasteiger partial charge in [0.2, 0.25) is 11.8 Å². The van der Waals surface area contributed by atoms with Crippen molar-refractivity contribution in [3.8, 4) is 0 Å². The minimum Gasteiger partial charge on any atom is -0.394 e. The van der Waals surface area contributed by atoms with Gasteiger partial charge >= 0.3 is 0 Å². The molecule has 71 heavy (non-hydrogen) atoms. The fourth-order valence-corrected chi connectivity index (χ4v) is 8.67. The SMILES string of the molecule is CC(=O)N[C@H]1[C@H](OC[C@@H](O)[C@H](O)[C@H](O[C@@H]2O[C@H](CO)[C@H](O)[C@H](O)[C@H]2O[C@@H]2O[C@@H](C)[C@@H](O)[C@@H](O)[C@@H]2O)[C@H](CO)NC(C)=O)O[C@H](CO)[C@@H](O)[C@@H]1O[C@@H]1O[C@H](CO)[C@H](O)[C@H](O)[C@H]1O[C@@H]1O[C@@H](C)[C@@H](O)[C@@H](O)[C@@H]1O. The second kappa shape index (κ2) is 26.1. The lowest BCUT2D eigenvalue weighted by molar-refractivity contribution is -0.381. The van der Waals surface area contributed by atoms with Crippen LogP contribution in [0.3, 0.4) is 0 Å². The van der Waals surface area contributed by atoms with Crippen molar-refractivity contribution in [3.63, 3.8) is 0 Å². The lowest BCUT2D eigenvalue weighted by Gasteiger charge is -2.49. The summed E-state index contributed by atoms with van der Waals surface area (Å²) >= 11 is 0. The summed E-state index contributed by atoms with van der Waals surface area (Å²) in [4.78, 5) is 25.0. The van der Waals surface area contributed by atoms with E-state index in [1.54, 1.807) is 0 Å². The highest BCUT2D eigenvalue weighted by Crippen LogP contribution is 2.35. The van der Waals surface area contributed by atoms with E-state index in [1.807, 2.05) is 0 Å². The Morgan fingerprint density at radius 3 is 1.39 bits per heavy atom. The van der Waals surface area contributed by atoms with Crippen LogP contribution in [-0.2, 0) is 57.0 Å². The molecular formula is C40H70N2O29. The molecule has 414 valence electrons. The number of carbonyl (C=O) groups excluding carboxylic acids is 2. The molecule has 0 spiro atoms. The van der Waals surface area contributed by atoms with Crippen molar-refractivity contribution in [2.24, 2.45) is 0 Å². The Balaban J connectivity index is 1.41. The maximum atomic E-state index is 12.7. The van der Waals surface area contributed by atoms with Gasteiger partial charge in [0.15, 0.2) is 31.5 Å². The normalized spacial score (nSPS) is 46.1. The third-order valence-corrected chi connectivity index (χ3v) is 12.8. The first-order chi connectivity index (χ1) is 33.4. The van der Waals surface area contributed by atoms with E-state index in [-0.39, 0.29) is 0 Å². The number of hydrogen-bond acceptors (Lipinski definition) is 29. The molecule has 0 aromatic rings. The minimum absolute atomic E-state index is 0.819. The zero-order valence-electron chi connectivity index (χ0n) is 38.8. The minimum atomic E-state index is -2.31. The Morgan fingerprint density at radius 2 is 0.944 bits per heavy atom. The number of hydrogen-bond donors (Lipinski definition) is 19. The molecule has 5 rings (SSSR count). The van der Waals surface area contributed by atoms with Gasteiger partial charge < -0.3 is 145 Å². The lowest BCUT2D eigenvalue weighted by atomic mass is 9.95. The molecule has 5 aliphatic heterocycles. The Morgan fingerprint density at radius 1 is 0.507 bits per heavy atom. The van der Waals surface area contributed by atoms with Crippen LogP contribution in [0.4, 0.5) is 0 Å². The molecule has 2 amide bonds. The fraction of sp³-hybridized carbons (Fsp3) is 0.950. The molecule has 19 N–H and O–H groups in total. The van der Waals surface area contributed by atoms with E-state index in [2.05, 4.69) is 10.6 Å². The lowest BCUT2D eigenvalue weighted by Crippen LogP contribution is -2.69. The van der Waals surface area contributed by atoms with Crippen molar-refractivity contribution in [1.82, 2.24) is 10.6 Å². The molecule has 29 atom stereocenters. The molecule has 0 aliphatic carbocycles. The van der Waals surface area contributed by atoms with Crippen LogP contribution in [0.2, 0.25) is 0 Å². The largest absolute Gasteiger partial charge is 0.394 e. The standard InChI is InChI=1S/C40H70N2O29/c1-10-20(50)26(56)30(60)37(63-10)70-34-28(58)23(53)16(6-44)66-39(34)68-32(14(5-43)41-12(3)47)22(52)15(49)9-62-36-19(42-13(4)48)33(25(55)18(8-46)65-36)69-40-35(29(59)24(54)17(7-45)67-40)71-38-31(61)27(57)21(51)11(2)64-38/h10-11,14-40,43-46,49-61H,5-9H2,1-4H3,(H,41,47)(H,42,48)/t10-,11-,14-,15+,16+,17+,18+,19+,20+,21+,22-,23-,24-,25+,26+,27+,28-,29-,30-,31-,32+,33+,34+,35+,36+,37-,38-,39-,40-/m0/s1. The molecule has 5 heterocycles. The molecule has 0 aromatic heterocycles. The second-order valence-electron chi connectivity index (χ2n) is 18.0. The van der Waals surface area contributed by atoms with Crippen LogP contribution in [0.25, 0.3) is 0 Å². The molecule has 31 heteroatoms. The third kappa shape index (κ3) is 13.6. The van der Waals surface area contributed by atoms with E-state index in [9.17, 15) is 96.4 Å². The zero-order valence-corrected chi connectivity index (χ0v) is 38.8. The predicted molar refractivity (Wildman–Crippen MR) is 222 cm³/mol. The van der Waals surface area contributed by atoms with Crippen LogP contribution in [0.5, 0.6) is 0 Å². The van der Waals surface area contributed by atoms with Crippen molar-refractivity contribution >= 4 is 11.8 Å². The van der Waals surface area contributed by atoms with E-state index >= 15 is 0 Å². The van der Waals surface area contributed by atoms with Gasteiger partial charge in [-0.15, -0.1) is 0 Å². The van der Waals surface area contributed by atoms with E-state index in [0.29, 0.717) is 0 Å². The Kier molecular flexibility index (Phi) is 21.9. The topological polar surface area (TPSA) is 494 Å². The molecular weight excluding hydrogens is 972 g/mol. The smallest absolute Gasteiger partial charge is 0.217 e. The third-order valence-electron chi connectivity index (χ3n) is 12.8. The Hall–Kier alpha value is -2.14. The second-order valence-corrected chi connectivity index (χ2v) is 18.0. The van der Waals surface area contributed by atoms with Gasteiger partial charge in [-0.3, -0.25) is 9.59 Å². The summed E-state index contributed by atoms with van der Waals surface area (Å²) in [7, 11) is 0. The molecule has 31 nitrogen and oxygen atoms in total. The predicted octanol–water partition coefficient (Wildman–Crippen LogP) is -12.1. The maximum absolute atomic E-state index is 12.7. The van der Waals surface area contributed by atoms with Gasteiger partial charge in [0.1, 0.15) is 128 Å². The molecule has 0 unspecified atom stereocenters. The van der Waals surface area contributed by atoms with Crippen molar-refractivity contribution in [2.75, 3.05) is 33.0 Å². The average molecular weight is 1040 g/mol. The number of amides is 2. The van der Waals surface area contributed by atoms with Gasteiger partial charge in [0, 0.05) is 13.8 Å². The van der Waals surface area contributed by atoms with Crippen LogP contribution in [0, 0.1) is 0 Å². The molecule has 0 radical (unpaired) electrons. The number of ether oxygens (including phenoxy) is 10. The van der Waals surface area contributed by atoms with Gasteiger partial charge in [-0.05, 0) is 13.8 Å². The highest BCUT2D eigenvalue weighted by Gasteiger charge is 2.56. The van der Waals surface area contributed by atoms with E-state index < -0.39 is 223 Å². The number of rotatable bonds is 20. The fourth-order valence-electron chi connectivity index (χ4n) is 8.67. The van der Waals surface area contributed by atoms with Crippen LogP contribution < -0.4 is 10.6 Å². The number of nitrogens with one attached hydrogen (secondary N) is 2. The summed E-state index contributed by atoms with van der Waals surface area (Å²) in [5, 5.41) is 186. The average Bonchev–Trinajstić information content (AvgIpc) is 3.33. The van der Waals surface area contributed by atoms with Gasteiger partial charge in [-0.1, -0.05) is 0 Å². The summed E-state index contributed by atoms with van der Waals surface area (Å²) < 4.78 is 57.3. The van der Waals surface area contributed by atoms with Gasteiger partial charge in [-0.2, -0.15) is 0 Å². The van der Waals surface area contributed by atoms with Crippen LogP contribution >= 0.6 is 0 Å². The van der Waals surface area contributed by atoms with Crippen LogP contribution in [-0.4, -0.2) is 309 Å². The van der Waals surface area contributed by atoms with Crippen molar-refractivity contribution in [2.45, 2.75) is 206 Å². The number of aliphatic hydroxyl groups is 17. The van der Waals surface area contributed by atoms with Crippen molar-refractivity contribution in [3.05, 3.63) is 0 Å². The zero-order chi connectivity index (χ0) is 52.9.